The zero-order valence-electron chi connectivity index (χ0n) is 11.0. The van der Waals surface area contributed by atoms with Gasteiger partial charge in [0, 0.05) is 6.04 Å². The fourth-order valence-electron chi connectivity index (χ4n) is 2.62. The van der Waals surface area contributed by atoms with Gasteiger partial charge in [-0.15, -0.1) is 0 Å². The molecule has 0 radical (unpaired) electrons. The van der Waals surface area contributed by atoms with Crippen LogP contribution in [0.5, 0.6) is 0 Å². The van der Waals surface area contributed by atoms with Crippen molar-refractivity contribution in [3.05, 3.63) is 34.6 Å². The summed E-state index contributed by atoms with van der Waals surface area (Å²) in [7, 11) is -2.88. The molecule has 1 aromatic carbocycles. The molecule has 20 heavy (non-hydrogen) atoms. The van der Waals surface area contributed by atoms with E-state index in [4.69, 9.17) is 17.4 Å². The number of hydrogen-bond acceptors (Lipinski definition) is 4. The van der Waals surface area contributed by atoms with Crippen molar-refractivity contribution in [3.63, 3.8) is 0 Å². The maximum Gasteiger partial charge on any atom is 0.150 e. The monoisotopic (exact) mass is 320 g/mol. The molecule has 2 rings (SSSR count). The molecule has 1 heterocycles. The molecule has 2 unspecified atom stereocenters. The second-order valence-corrected chi connectivity index (χ2v) is 7.96. The molecule has 4 nitrogen and oxygen atoms in total. The van der Waals surface area contributed by atoms with Crippen LogP contribution in [0, 0.1) is 11.7 Å². The summed E-state index contributed by atoms with van der Waals surface area (Å²) in [5.74, 6) is 5.66. The number of rotatable bonds is 5. The molecular weight excluding hydrogens is 303 g/mol. The molecule has 0 aromatic heterocycles. The minimum atomic E-state index is -2.88. The number of halogens is 2. The Hall–Kier alpha value is -0.690. The highest BCUT2D eigenvalue weighted by Crippen LogP contribution is 2.24. The van der Waals surface area contributed by atoms with Gasteiger partial charge in [-0.25, -0.2) is 12.8 Å². The van der Waals surface area contributed by atoms with E-state index in [-0.39, 0.29) is 28.5 Å². The van der Waals surface area contributed by atoms with Crippen LogP contribution < -0.4 is 11.3 Å². The third-order valence-electron chi connectivity index (χ3n) is 3.65. The fourth-order valence-corrected chi connectivity index (χ4v) is 4.62. The molecule has 1 aromatic rings. The second kappa shape index (κ2) is 6.39. The molecule has 1 aliphatic rings. The maximum absolute atomic E-state index is 13.4. The van der Waals surface area contributed by atoms with Gasteiger partial charge < -0.3 is 0 Å². The lowest BCUT2D eigenvalue weighted by Crippen LogP contribution is -2.38. The van der Waals surface area contributed by atoms with E-state index in [0.717, 1.165) is 5.56 Å². The van der Waals surface area contributed by atoms with Gasteiger partial charge in [0.15, 0.2) is 9.84 Å². The van der Waals surface area contributed by atoms with Crippen LogP contribution in [0.4, 0.5) is 4.39 Å². The van der Waals surface area contributed by atoms with Crippen molar-refractivity contribution in [3.8, 4) is 0 Å². The van der Waals surface area contributed by atoms with Crippen LogP contribution in [0.3, 0.4) is 0 Å². The molecule has 0 spiro atoms. The standard InChI is InChI=1S/C13H18ClFN2O2S/c14-12-2-1-9(7-13(12)15)5-11(17-16)6-10-3-4-20(18,19)8-10/h1-2,7,10-11,17H,3-6,8,16H2. The first-order valence-electron chi connectivity index (χ1n) is 6.50. The zero-order valence-corrected chi connectivity index (χ0v) is 12.6. The van der Waals surface area contributed by atoms with Gasteiger partial charge >= 0.3 is 0 Å². The van der Waals surface area contributed by atoms with Gasteiger partial charge in [0.25, 0.3) is 0 Å². The van der Waals surface area contributed by atoms with Crippen LogP contribution in [-0.2, 0) is 16.3 Å². The fraction of sp³-hybridized carbons (Fsp3) is 0.538. The summed E-state index contributed by atoms with van der Waals surface area (Å²) in [6, 6.07) is 4.58. The predicted molar refractivity (Wildman–Crippen MR) is 77.6 cm³/mol. The lowest BCUT2D eigenvalue weighted by atomic mass is 9.95. The number of nitrogens with two attached hydrogens (primary N) is 1. The zero-order chi connectivity index (χ0) is 14.8. The summed E-state index contributed by atoms with van der Waals surface area (Å²) < 4.78 is 36.2. The molecule has 0 saturated carbocycles. The second-order valence-electron chi connectivity index (χ2n) is 5.32. The van der Waals surface area contributed by atoms with Crippen molar-refractivity contribution in [1.82, 2.24) is 5.43 Å². The van der Waals surface area contributed by atoms with Crippen LogP contribution in [0.25, 0.3) is 0 Å². The average molecular weight is 321 g/mol. The Morgan fingerprint density at radius 3 is 2.80 bits per heavy atom. The Bertz CT molecular complexity index is 580. The quantitative estimate of drug-likeness (QED) is 0.639. The maximum atomic E-state index is 13.4. The highest BCUT2D eigenvalue weighted by atomic mass is 35.5. The molecule has 1 saturated heterocycles. The van der Waals surface area contributed by atoms with Gasteiger partial charge in [0.05, 0.1) is 16.5 Å². The molecule has 1 aliphatic heterocycles. The third-order valence-corrected chi connectivity index (χ3v) is 5.79. The van der Waals surface area contributed by atoms with E-state index < -0.39 is 15.7 Å². The van der Waals surface area contributed by atoms with Gasteiger partial charge in [-0.05, 0) is 42.9 Å². The molecule has 0 aliphatic carbocycles. The Morgan fingerprint density at radius 2 is 2.25 bits per heavy atom. The van der Waals surface area contributed by atoms with E-state index in [1.165, 1.54) is 12.1 Å². The van der Waals surface area contributed by atoms with Gasteiger partial charge in [-0.2, -0.15) is 0 Å². The minimum Gasteiger partial charge on any atom is -0.271 e. The van der Waals surface area contributed by atoms with Crippen LogP contribution in [0.1, 0.15) is 18.4 Å². The van der Waals surface area contributed by atoms with Crippen molar-refractivity contribution in [2.24, 2.45) is 11.8 Å². The largest absolute Gasteiger partial charge is 0.271 e. The molecular formula is C13H18ClFN2O2S. The van der Waals surface area contributed by atoms with Gasteiger partial charge in [0.2, 0.25) is 0 Å². The highest BCUT2D eigenvalue weighted by Gasteiger charge is 2.29. The van der Waals surface area contributed by atoms with Crippen LogP contribution in [-0.4, -0.2) is 26.0 Å². The number of hydrazine groups is 1. The predicted octanol–water partition coefficient (Wildman–Crippen LogP) is 1.68. The molecule has 1 fully saturated rings. The summed E-state index contributed by atoms with van der Waals surface area (Å²) in [5, 5.41) is 0.0906. The Balaban J connectivity index is 1.97. The molecule has 2 atom stereocenters. The van der Waals surface area contributed by atoms with Gasteiger partial charge in [-0.1, -0.05) is 17.7 Å². The van der Waals surface area contributed by atoms with E-state index in [1.807, 2.05) is 0 Å². The van der Waals surface area contributed by atoms with Crippen molar-refractivity contribution in [1.29, 1.82) is 0 Å². The summed E-state index contributed by atoms with van der Waals surface area (Å²) >= 11 is 5.64. The first-order chi connectivity index (χ1) is 9.39. The van der Waals surface area contributed by atoms with E-state index in [0.29, 0.717) is 19.3 Å². The Kier molecular flexibility index (Phi) is 5.01. The third kappa shape index (κ3) is 4.15. The van der Waals surface area contributed by atoms with E-state index in [9.17, 15) is 12.8 Å². The van der Waals surface area contributed by atoms with Crippen LogP contribution in [0.2, 0.25) is 5.02 Å². The number of hydrogen-bond donors (Lipinski definition) is 2. The van der Waals surface area contributed by atoms with Crippen molar-refractivity contribution >= 4 is 21.4 Å². The van der Waals surface area contributed by atoms with E-state index >= 15 is 0 Å². The smallest absolute Gasteiger partial charge is 0.150 e. The number of benzene rings is 1. The first-order valence-corrected chi connectivity index (χ1v) is 8.70. The number of sulfone groups is 1. The lowest BCUT2D eigenvalue weighted by Gasteiger charge is -2.19. The summed E-state index contributed by atoms with van der Waals surface area (Å²) in [5.41, 5.74) is 3.48. The van der Waals surface area contributed by atoms with Crippen LogP contribution in [0.15, 0.2) is 18.2 Å². The normalized spacial score (nSPS) is 22.9. The van der Waals surface area contributed by atoms with Crippen molar-refractivity contribution in [2.45, 2.75) is 25.3 Å². The molecule has 3 N–H and O–H groups in total. The van der Waals surface area contributed by atoms with E-state index in [1.54, 1.807) is 6.07 Å². The summed E-state index contributed by atoms with van der Waals surface area (Å²) in [6.45, 7) is 0. The minimum absolute atomic E-state index is 0.0751. The first kappa shape index (κ1) is 15.7. The Labute approximate surface area is 123 Å². The van der Waals surface area contributed by atoms with Crippen LogP contribution >= 0.6 is 11.6 Å². The SMILES string of the molecule is NNC(Cc1ccc(Cl)c(F)c1)CC1CCS(=O)(=O)C1. The van der Waals surface area contributed by atoms with Gasteiger partial charge in [-0.3, -0.25) is 11.3 Å². The van der Waals surface area contributed by atoms with E-state index in [2.05, 4.69) is 5.43 Å². The molecule has 112 valence electrons. The number of nitrogens with one attached hydrogen (secondary N) is 1. The molecule has 0 bridgehead atoms. The summed E-state index contributed by atoms with van der Waals surface area (Å²) in [4.78, 5) is 0. The highest BCUT2D eigenvalue weighted by molar-refractivity contribution is 7.91. The molecule has 7 heteroatoms. The molecule has 0 amide bonds. The topological polar surface area (TPSA) is 72.2 Å². The van der Waals surface area contributed by atoms with Gasteiger partial charge in [0.1, 0.15) is 5.82 Å². The van der Waals surface area contributed by atoms with Crippen molar-refractivity contribution in [2.75, 3.05) is 11.5 Å². The van der Waals surface area contributed by atoms with Crippen molar-refractivity contribution < 1.29 is 12.8 Å². The summed E-state index contributed by atoms with van der Waals surface area (Å²) in [6.07, 6.45) is 1.89. The Morgan fingerprint density at radius 1 is 1.50 bits per heavy atom. The average Bonchev–Trinajstić information content (AvgIpc) is 2.72. The lowest BCUT2D eigenvalue weighted by molar-refractivity contribution is 0.408.